The molecular weight excluding hydrogens is 284 g/mol. The molecule has 106 valence electrons. The highest BCUT2D eigenvalue weighted by atomic mass is 35.5. The molecule has 4 heteroatoms. The molecule has 0 amide bonds. The first-order valence-electron chi connectivity index (χ1n) is 6.84. The van der Waals surface area contributed by atoms with Crippen LogP contribution in [0.5, 0.6) is 0 Å². The minimum atomic E-state index is -0.328. The Bertz CT molecular complexity index is 825. The molecule has 3 aromatic rings. The maximum absolute atomic E-state index is 12.7. The minimum absolute atomic E-state index is 0.0491. The Hall–Kier alpha value is -2.13. The van der Waals surface area contributed by atoms with Crippen LogP contribution in [0, 0.1) is 0 Å². The van der Waals surface area contributed by atoms with Gasteiger partial charge in [-0.15, -0.1) is 11.6 Å². The summed E-state index contributed by atoms with van der Waals surface area (Å²) in [6.45, 7) is 2.31. The molecule has 0 radical (unpaired) electrons. The van der Waals surface area contributed by atoms with Crippen LogP contribution in [-0.2, 0) is 6.54 Å². The Morgan fingerprint density at radius 2 is 1.76 bits per heavy atom. The maximum Gasteiger partial charge on any atom is 0.261 e. The van der Waals surface area contributed by atoms with Gasteiger partial charge in [0.1, 0.15) is 5.82 Å². The first-order chi connectivity index (χ1) is 10.2. The molecule has 2 aromatic carbocycles. The number of nitrogens with zero attached hydrogens (tertiary/aromatic N) is 2. The van der Waals surface area contributed by atoms with E-state index < -0.39 is 0 Å². The van der Waals surface area contributed by atoms with Crippen molar-refractivity contribution in [1.29, 1.82) is 0 Å². The average molecular weight is 299 g/mol. The van der Waals surface area contributed by atoms with E-state index in [-0.39, 0.29) is 10.9 Å². The van der Waals surface area contributed by atoms with Crippen LogP contribution in [0.25, 0.3) is 10.9 Å². The highest BCUT2D eigenvalue weighted by Gasteiger charge is 2.14. The molecule has 0 saturated heterocycles. The minimum Gasteiger partial charge on any atom is -0.290 e. The third-order valence-corrected chi connectivity index (χ3v) is 3.63. The zero-order chi connectivity index (χ0) is 14.8. The van der Waals surface area contributed by atoms with Crippen LogP contribution in [0.15, 0.2) is 59.4 Å². The summed E-state index contributed by atoms with van der Waals surface area (Å²) in [6.07, 6.45) is 0. The SMILES string of the molecule is CC(Cl)c1nc2ccccc2c(=O)n1Cc1ccccc1. The number of hydrogen-bond acceptors (Lipinski definition) is 2. The second-order valence-corrected chi connectivity index (χ2v) is 5.63. The number of hydrogen-bond donors (Lipinski definition) is 0. The second kappa shape index (κ2) is 5.70. The molecule has 1 heterocycles. The van der Waals surface area contributed by atoms with Gasteiger partial charge in [0.2, 0.25) is 0 Å². The van der Waals surface area contributed by atoms with Crippen LogP contribution in [0.1, 0.15) is 23.7 Å². The summed E-state index contributed by atoms with van der Waals surface area (Å²) < 4.78 is 1.66. The fourth-order valence-corrected chi connectivity index (χ4v) is 2.57. The van der Waals surface area contributed by atoms with Crippen LogP contribution in [0.2, 0.25) is 0 Å². The van der Waals surface area contributed by atoms with Gasteiger partial charge in [0, 0.05) is 0 Å². The van der Waals surface area contributed by atoms with Crippen molar-refractivity contribution in [3.8, 4) is 0 Å². The van der Waals surface area contributed by atoms with Crippen molar-refractivity contribution in [1.82, 2.24) is 9.55 Å². The van der Waals surface area contributed by atoms with Gasteiger partial charge in [-0.1, -0.05) is 42.5 Å². The van der Waals surface area contributed by atoms with E-state index >= 15 is 0 Å². The van der Waals surface area contributed by atoms with Gasteiger partial charge >= 0.3 is 0 Å². The van der Waals surface area contributed by atoms with Gasteiger partial charge < -0.3 is 0 Å². The van der Waals surface area contributed by atoms with Crippen molar-refractivity contribution < 1.29 is 0 Å². The van der Waals surface area contributed by atoms with E-state index in [4.69, 9.17) is 11.6 Å². The highest BCUT2D eigenvalue weighted by molar-refractivity contribution is 6.20. The molecule has 0 saturated carbocycles. The lowest BCUT2D eigenvalue weighted by Crippen LogP contribution is -2.26. The molecule has 0 aliphatic carbocycles. The lowest BCUT2D eigenvalue weighted by Gasteiger charge is -2.15. The fraction of sp³-hybridized carbons (Fsp3) is 0.176. The maximum atomic E-state index is 12.7. The normalized spacial score (nSPS) is 12.5. The van der Waals surface area contributed by atoms with Crippen molar-refractivity contribution in [3.63, 3.8) is 0 Å². The zero-order valence-corrected chi connectivity index (χ0v) is 12.4. The highest BCUT2D eigenvalue weighted by Crippen LogP contribution is 2.19. The van der Waals surface area contributed by atoms with E-state index in [1.165, 1.54) is 0 Å². The van der Waals surface area contributed by atoms with Gasteiger partial charge in [-0.2, -0.15) is 0 Å². The van der Waals surface area contributed by atoms with E-state index in [0.29, 0.717) is 23.3 Å². The van der Waals surface area contributed by atoms with E-state index in [0.717, 1.165) is 5.56 Å². The summed E-state index contributed by atoms with van der Waals surface area (Å²) >= 11 is 6.22. The number of fused-ring (bicyclic) bond motifs is 1. The van der Waals surface area contributed by atoms with Crippen LogP contribution >= 0.6 is 11.6 Å². The summed E-state index contributed by atoms with van der Waals surface area (Å²) in [6, 6.07) is 17.2. The molecular formula is C17H15ClN2O. The summed E-state index contributed by atoms with van der Waals surface area (Å²) in [5, 5.41) is 0.292. The van der Waals surface area contributed by atoms with Gasteiger partial charge in [0.05, 0.1) is 22.8 Å². The number of para-hydroxylation sites is 1. The second-order valence-electron chi connectivity index (χ2n) is 4.98. The zero-order valence-electron chi connectivity index (χ0n) is 11.7. The van der Waals surface area contributed by atoms with Crippen molar-refractivity contribution in [3.05, 3.63) is 76.3 Å². The predicted molar refractivity (Wildman–Crippen MR) is 85.8 cm³/mol. The van der Waals surface area contributed by atoms with Gasteiger partial charge in [-0.05, 0) is 24.6 Å². The molecule has 0 N–H and O–H groups in total. The molecule has 0 bridgehead atoms. The third kappa shape index (κ3) is 2.69. The van der Waals surface area contributed by atoms with Crippen molar-refractivity contribution in [2.45, 2.75) is 18.8 Å². The lowest BCUT2D eigenvalue weighted by atomic mass is 10.2. The van der Waals surface area contributed by atoms with Crippen molar-refractivity contribution in [2.24, 2.45) is 0 Å². The molecule has 0 aliphatic rings. The molecule has 21 heavy (non-hydrogen) atoms. The number of benzene rings is 2. The Labute approximate surface area is 127 Å². The number of aromatic nitrogens is 2. The van der Waals surface area contributed by atoms with Crippen molar-refractivity contribution >= 4 is 22.5 Å². The Morgan fingerprint density at radius 1 is 1.10 bits per heavy atom. The van der Waals surface area contributed by atoms with Crippen LogP contribution in [0.3, 0.4) is 0 Å². The van der Waals surface area contributed by atoms with Gasteiger partial charge in [-0.3, -0.25) is 9.36 Å². The lowest BCUT2D eigenvalue weighted by molar-refractivity contribution is 0.678. The Balaban J connectivity index is 2.22. The van der Waals surface area contributed by atoms with Gasteiger partial charge in [0.25, 0.3) is 5.56 Å². The van der Waals surface area contributed by atoms with Crippen LogP contribution < -0.4 is 5.56 Å². The van der Waals surface area contributed by atoms with Crippen molar-refractivity contribution in [2.75, 3.05) is 0 Å². The third-order valence-electron chi connectivity index (χ3n) is 3.43. The molecule has 3 nitrogen and oxygen atoms in total. The summed E-state index contributed by atoms with van der Waals surface area (Å²) in [5.74, 6) is 0.601. The number of rotatable bonds is 3. The summed E-state index contributed by atoms with van der Waals surface area (Å²) in [5.41, 5.74) is 1.69. The summed E-state index contributed by atoms with van der Waals surface area (Å²) in [7, 11) is 0. The molecule has 0 spiro atoms. The topological polar surface area (TPSA) is 34.9 Å². The first kappa shape index (κ1) is 13.8. The summed E-state index contributed by atoms with van der Waals surface area (Å²) in [4.78, 5) is 17.3. The Morgan fingerprint density at radius 3 is 2.48 bits per heavy atom. The monoisotopic (exact) mass is 298 g/mol. The van der Waals surface area contributed by atoms with Crippen LogP contribution in [0.4, 0.5) is 0 Å². The van der Waals surface area contributed by atoms with E-state index in [9.17, 15) is 4.79 Å². The molecule has 3 rings (SSSR count). The Kier molecular flexibility index (Phi) is 3.76. The van der Waals surface area contributed by atoms with Crippen LogP contribution in [-0.4, -0.2) is 9.55 Å². The molecule has 0 aliphatic heterocycles. The van der Waals surface area contributed by atoms with E-state index in [2.05, 4.69) is 4.98 Å². The van der Waals surface area contributed by atoms with E-state index in [1.807, 2.05) is 55.5 Å². The average Bonchev–Trinajstić information content (AvgIpc) is 2.51. The van der Waals surface area contributed by atoms with Gasteiger partial charge in [0.15, 0.2) is 0 Å². The molecule has 1 unspecified atom stereocenters. The smallest absolute Gasteiger partial charge is 0.261 e. The standard InChI is InChI=1S/C17H15ClN2O/c1-12(18)16-19-15-10-6-5-9-14(15)17(21)20(16)11-13-7-3-2-4-8-13/h2-10,12H,11H2,1H3. The first-order valence-corrected chi connectivity index (χ1v) is 7.28. The quantitative estimate of drug-likeness (QED) is 0.690. The molecule has 1 aromatic heterocycles. The predicted octanol–water partition coefficient (Wildman–Crippen LogP) is 3.74. The van der Waals surface area contributed by atoms with E-state index in [1.54, 1.807) is 10.6 Å². The number of alkyl halides is 1. The fourth-order valence-electron chi connectivity index (χ4n) is 2.41. The molecule has 0 fully saturated rings. The number of halogens is 1. The van der Waals surface area contributed by atoms with Gasteiger partial charge in [-0.25, -0.2) is 4.98 Å². The largest absolute Gasteiger partial charge is 0.290 e. The molecule has 1 atom stereocenters.